The van der Waals surface area contributed by atoms with Gasteiger partial charge in [0.15, 0.2) is 0 Å². The third-order valence-electron chi connectivity index (χ3n) is 2.25. The van der Waals surface area contributed by atoms with E-state index in [0.29, 0.717) is 5.75 Å². The molecule has 70 valence electrons. The van der Waals surface area contributed by atoms with E-state index in [1.54, 1.807) is 6.07 Å². The number of anilines is 1. The van der Waals surface area contributed by atoms with Gasteiger partial charge < -0.3 is 10.1 Å². The third kappa shape index (κ3) is 1.59. The van der Waals surface area contributed by atoms with Gasteiger partial charge >= 0.3 is 0 Å². The molecule has 13 heavy (non-hydrogen) atoms. The number of hydrogen-bond acceptors (Lipinski definition) is 2. The fraction of sp³-hybridized carbons (Fsp3) is 0.400. The topological polar surface area (TPSA) is 21.3 Å². The molecule has 0 aromatic heterocycles. The lowest BCUT2D eigenvalue weighted by Gasteiger charge is -2.20. The highest BCUT2D eigenvalue weighted by Gasteiger charge is 2.12. The molecule has 0 saturated carbocycles. The molecule has 1 heterocycles. The van der Waals surface area contributed by atoms with E-state index in [4.69, 9.17) is 4.74 Å². The Bertz CT molecular complexity index is 301. The zero-order valence-corrected chi connectivity index (χ0v) is 7.35. The van der Waals surface area contributed by atoms with Crippen molar-refractivity contribution < 1.29 is 9.13 Å². The molecule has 0 amide bonds. The molecule has 3 heteroatoms. The van der Waals surface area contributed by atoms with Gasteiger partial charge in [0.1, 0.15) is 5.75 Å². The minimum absolute atomic E-state index is 0.625. The van der Waals surface area contributed by atoms with E-state index in [1.807, 2.05) is 12.1 Å². The molecule has 0 atom stereocenters. The minimum atomic E-state index is -0.766. The van der Waals surface area contributed by atoms with Crippen LogP contribution < -0.4 is 10.1 Å². The number of hydrogen-bond donors (Lipinski definition) is 1. The molecule has 1 aliphatic rings. The van der Waals surface area contributed by atoms with Gasteiger partial charge in [0, 0.05) is 6.54 Å². The lowest BCUT2D eigenvalue weighted by Crippen LogP contribution is -2.12. The molecule has 2 nitrogen and oxygen atoms in total. The molecule has 0 unspecified atom stereocenters. The lowest BCUT2D eigenvalue weighted by molar-refractivity contribution is 0.192. The Morgan fingerprint density at radius 2 is 2.38 bits per heavy atom. The van der Waals surface area contributed by atoms with E-state index >= 15 is 0 Å². The van der Waals surface area contributed by atoms with E-state index in [0.717, 1.165) is 25.1 Å². The molecule has 1 aliphatic heterocycles. The van der Waals surface area contributed by atoms with Crippen molar-refractivity contribution in [3.05, 3.63) is 23.8 Å². The Balaban J connectivity index is 2.34. The number of nitrogens with one attached hydrogen (secondary N) is 1. The van der Waals surface area contributed by atoms with E-state index in [-0.39, 0.29) is 0 Å². The second-order valence-corrected chi connectivity index (χ2v) is 3.07. The summed E-state index contributed by atoms with van der Waals surface area (Å²) in [5.74, 6) is 0.625. The van der Waals surface area contributed by atoms with E-state index in [2.05, 4.69) is 5.32 Å². The fourth-order valence-corrected chi connectivity index (χ4v) is 1.66. The molecule has 0 fully saturated rings. The van der Waals surface area contributed by atoms with Crippen LogP contribution in [-0.2, 0) is 6.42 Å². The van der Waals surface area contributed by atoms with Gasteiger partial charge in [0.25, 0.3) is 0 Å². The number of benzene rings is 1. The van der Waals surface area contributed by atoms with E-state index in [1.165, 1.54) is 5.56 Å². The van der Waals surface area contributed by atoms with Crippen LogP contribution in [0.15, 0.2) is 18.2 Å². The van der Waals surface area contributed by atoms with Crippen LogP contribution in [-0.4, -0.2) is 13.4 Å². The number of rotatable bonds is 2. The number of fused-ring (bicyclic) bond motifs is 1. The average Bonchev–Trinajstić information content (AvgIpc) is 2.19. The molecular weight excluding hydrogens is 169 g/mol. The second kappa shape index (κ2) is 3.64. The Morgan fingerprint density at radius 3 is 3.23 bits per heavy atom. The highest BCUT2D eigenvalue weighted by Crippen LogP contribution is 2.31. The van der Waals surface area contributed by atoms with Crippen molar-refractivity contribution in [2.24, 2.45) is 0 Å². The maximum atomic E-state index is 12.0. The SMILES string of the molecule is FCOc1cccc2c1NCCC2. The molecule has 1 aromatic rings. The molecular formula is C10H12FNO. The summed E-state index contributed by atoms with van der Waals surface area (Å²) in [6.07, 6.45) is 2.18. The van der Waals surface area contributed by atoms with Gasteiger partial charge in [-0.2, -0.15) is 0 Å². The molecule has 0 bridgehead atoms. The number of para-hydroxylation sites is 1. The number of ether oxygens (including phenoxy) is 1. The van der Waals surface area contributed by atoms with Crippen LogP contribution in [0.3, 0.4) is 0 Å². The van der Waals surface area contributed by atoms with Crippen LogP contribution in [0.4, 0.5) is 10.1 Å². The van der Waals surface area contributed by atoms with Gasteiger partial charge in [-0.05, 0) is 24.5 Å². The first-order chi connectivity index (χ1) is 6.42. The summed E-state index contributed by atoms with van der Waals surface area (Å²) >= 11 is 0. The van der Waals surface area contributed by atoms with Crippen molar-refractivity contribution in [2.45, 2.75) is 12.8 Å². The minimum Gasteiger partial charge on any atom is -0.461 e. The molecule has 2 rings (SSSR count). The molecule has 0 saturated heterocycles. The van der Waals surface area contributed by atoms with Crippen molar-refractivity contribution in [1.82, 2.24) is 0 Å². The maximum Gasteiger partial charge on any atom is 0.228 e. The number of alkyl halides is 1. The largest absolute Gasteiger partial charge is 0.461 e. The summed E-state index contributed by atoms with van der Waals surface area (Å²) in [5.41, 5.74) is 2.18. The van der Waals surface area contributed by atoms with Crippen LogP contribution in [0.2, 0.25) is 0 Å². The van der Waals surface area contributed by atoms with Gasteiger partial charge in [-0.1, -0.05) is 12.1 Å². The smallest absolute Gasteiger partial charge is 0.228 e. The number of halogens is 1. The van der Waals surface area contributed by atoms with E-state index in [9.17, 15) is 4.39 Å². The standard InChI is InChI=1S/C10H12FNO/c11-7-13-9-5-1-3-8-4-2-6-12-10(8)9/h1,3,5,12H,2,4,6-7H2. The van der Waals surface area contributed by atoms with Crippen molar-refractivity contribution >= 4 is 5.69 Å². The first kappa shape index (κ1) is 8.35. The van der Waals surface area contributed by atoms with Gasteiger partial charge in [0.2, 0.25) is 6.86 Å². The summed E-state index contributed by atoms with van der Waals surface area (Å²) in [7, 11) is 0. The Morgan fingerprint density at radius 1 is 1.46 bits per heavy atom. The molecule has 0 aliphatic carbocycles. The quantitative estimate of drug-likeness (QED) is 0.756. The van der Waals surface area contributed by atoms with Crippen LogP contribution >= 0.6 is 0 Å². The van der Waals surface area contributed by atoms with Crippen LogP contribution in [0.5, 0.6) is 5.75 Å². The zero-order valence-electron chi connectivity index (χ0n) is 7.35. The first-order valence-corrected chi connectivity index (χ1v) is 4.46. The van der Waals surface area contributed by atoms with Crippen LogP contribution in [0, 0.1) is 0 Å². The summed E-state index contributed by atoms with van der Waals surface area (Å²) < 4.78 is 16.9. The monoisotopic (exact) mass is 181 g/mol. The van der Waals surface area contributed by atoms with Crippen LogP contribution in [0.1, 0.15) is 12.0 Å². The van der Waals surface area contributed by atoms with Crippen molar-refractivity contribution in [1.29, 1.82) is 0 Å². The van der Waals surface area contributed by atoms with Crippen molar-refractivity contribution in [3.8, 4) is 5.75 Å². The maximum absolute atomic E-state index is 12.0. The van der Waals surface area contributed by atoms with E-state index < -0.39 is 6.86 Å². The molecule has 0 spiro atoms. The van der Waals surface area contributed by atoms with Gasteiger partial charge in [0.05, 0.1) is 5.69 Å². The second-order valence-electron chi connectivity index (χ2n) is 3.07. The summed E-state index contributed by atoms with van der Waals surface area (Å²) in [5, 5.41) is 3.22. The predicted molar refractivity (Wildman–Crippen MR) is 49.9 cm³/mol. The number of aryl methyl sites for hydroxylation is 1. The Hall–Kier alpha value is -1.25. The van der Waals surface area contributed by atoms with Gasteiger partial charge in [-0.3, -0.25) is 0 Å². The Labute approximate surface area is 76.7 Å². The third-order valence-corrected chi connectivity index (χ3v) is 2.25. The lowest BCUT2D eigenvalue weighted by atomic mass is 10.0. The summed E-state index contributed by atoms with van der Waals surface area (Å²) in [6.45, 7) is 0.178. The summed E-state index contributed by atoms with van der Waals surface area (Å²) in [4.78, 5) is 0. The summed E-state index contributed by atoms with van der Waals surface area (Å²) in [6, 6.07) is 5.74. The van der Waals surface area contributed by atoms with Gasteiger partial charge in [-0.25, -0.2) is 4.39 Å². The average molecular weight is 181 g/mol. The van der Waals surface area contributed by atoms with Crippen LogP contribution in [0.25, 0.3) is 0 Å². The highest BCUT2D eigenvalue weighted by molar-refractivity contribution is 5.63. The fourth-order valence-electron chi connectivity index (χ4n) is 1.66. The normalized spacial score (nSPS) is 14.5. The predicted octanol–water partition coefficient (Wildman–Crippen LogP) is 2.35. The first-order valence-electron chi connectivity index (χ1n) is 4.46. The Kier molecular flexibility index (Phi) is 2.34. The molecule has 1 N–H and O–H groups in total. The van der Waals surface area contributed by atoms with Crippen molar-refractivity contribution in [3.63, 3.8) is 0 Å². The molecule has 1 aromatic carbocycles. The van der Waals surface area contributed by atoms with Gasteiger partial charge in [-0.15, -0.1) is 0 Å². The zero-order chi connectivity index (χ0) is 9.10. The molecule has 0 radical (unpaired) electrons. The van der Waals surface area contributed by atoms with Crippen molar-refractivity contribution in [2.75, 3.05) is 18.7 Å². The highest BCUT2D eigenvalue weighted by atomic mass is 19.1.